The Hall–Kier alpha value is -1.06. The maximum atomic E-state index is 11.4. The Morgan fingerprint density at radius 1 is 0.500 bits per heavy atom. The zero-order valence-corrected chi connectivity index (χ0v) is 17.9. The van der Waals surface area contributed by atoms with Crippen molar-refractivity contribution in [3.63, 3.8) is 0 Å². The van der Waals surface area contributed by atoms with E-state index >= 15 is 0 Å². The van der Waals surface area contributed by atoms with Crippen molar-refractivity contribution in [3.8, 4) is 0 Å². The zero-order valence-electron chi connectivity index (χ0n) is 17.9. The Morgan fingerprint density at radius 3 is 1.15 bits per heavy atom. The first-order valence-corrected chi connectivity index (χ1v) is 10.9. The lowest BCUT2D eigenvalue weighted by Gasteiger charge is -2.05. The summed E-state index contributed by atoms with van der Waals surface area (Å²) < 4.78 is 10.2. The number of unbranched alkanes of at least 4 members (excludes halogenated alkanes) is 8. The fourth-order valence-corrected chi connectivity index (χ4v) is 2.05. The average molecular weight is 373 g/mol. The van der Waals surface area contributed by atoms with Gasteiger partial charge in [-0.2, -0.15) is 0 Å². The molecule has 0 fully saturated rings. The molecule has 4 heteroatoms. The Balaban J connectivity index is 0. The molecule has 0 saturated carbocycles. The van der Waals surface area contributed by atoms with Gasteiger partial charge >= 0.3 is 11.9 Å². The average Bonchev–Trinajstić information content (AvgIpc) is 2.64. The van der Waals surface area contributed by atoms with Crippen molar-refractivity contribution in [3.05, 3.63) is 0 Å². The standard InChI is InChI=1S/C18H34O4.C4H10/c1-3-5-15-21-17(19)13-11-9-7-8-10-12-14-18(20)22-16-6-4-2;1-3-4-2/h3-16H2,1-2H3;3-4H2,1-2H3. The number of rotatable bonds is 16. The Kier molecular flexibility index (Phi) is 25.0. The van der Waals surface area contributed by atoms with Gasteiger partial charge in [-0.25, -0.2) is 0 Å². The molecule has 0 aromatic carbocycles. The molecule has 0 atom stereocenters. The summed E-state index contributed by atoms with van der Waals surface area (Å²) in [6.07, 6.45) is 13.9. The van der Waals surface area contributed by atoms with Crippen molar-refractivity contribution in [2.75, 3.05) is 13.2 Å². The van der Waals surface area contributed by atoms with E-state index in [1.807, 2.05) is 0 Å². The van der Waals surface area contributed by atoms with E-state index in [0.29, 0.717) is 26.1 Å². The second-order valence-electron chi connectivity index (χ2n) is 6.77. The van der Waals surface area contributed by atoms with Crippen LogP contribution in [-0.2, 0) is 19.1 Å². The molecular weight excluding hydrogens is 328 g/mol. The number of ether oxygens (including phenoxy) is 2. The van der Waals surface area contributed by atoms with Gasteiger partial charge in [0.1, 0.15) is 0 Å². The number of esters is 2. The van der Waals surface area contributed by atoms with E-state index in [0.717, 1.165) is 64.2 Å². The molecule has 0 N–H and O–H groups in total. The third-order valence-electron chi connectivity index (χ3n) is 4.03. The largest absolute Gasteiger partial charge is 0.466 e. The zero-order chi connectivity index (χ0) is 19.9. The summed E-state index contributed by atoms with van der Waals surface area (Å²) in [5, 5.41) is 0. The lowest BCUT2D eigenvalue weighted by molar-refractivity contribution is -0.144. The molecule has 0 aromatic heterocycles. The van der Waals surface area contributed by atoms with Crippen LogP contribution in [0, 0.1) is 0 Å². The predicted octanol–water partition coefficient (Wildman–Crippen LogP) is 6.60. The van der Waals surface area contributed by atoms with E-state index in [9.17, 15) is 9.59 Å². The molecule has 0 radical (unpaired) electrons. The van der Waals surface area contributed by atoms with Gasteiger partial charge in [0.05, 0.1) is 13.2 Å². The molecular formula is C22H44O4. The first-order chi connectivity index (χ1) is 12.6. The van der Waals surface area contributed by atoms with E-state index in [1.165, 1.54) is 12.8 Å². The number of hydrogen-bond acceptors (Lipinski definition) is 4. The number of carbonyl (C=O) groups is 2. The SMILES string of the molecule is CCCC.CCCCOC(=O)CCCCCCCCC(=O)OCCCC. The summed E-state index contributed by atoms with van der Waals surface area (Å²) in [6, 6.07) is 0. The van der Waals surface area contributed by atoms with E-state index in [-0.39, 0.29) is 11.9 Å². The van der Waals surface area contributed by atoms with Gasteiger partial charge in [-0.05, 0) is 25.7 Å². The van der Waals surface area contributed by atoms with E-state index in [2.05, 4.69) is 27.7 Å². The van der Waals surface area contributed by atoms with Crippen LogP contribution in [0.25, 0.3) is 0 Å². The number of hydrogen-bond donors (Lipinski definition) is 0. The Bertz CT molecular complexity index is 273. The van der Waals surface area contributed by atoms with Crippen LogP contribution >= 0.6 is 0 Å². The van der Waals surface area contributed by atoms with E-state index in [4.69, 9.17) is 9.47 Å². The van der Waals surface area contributed by atoms with Gasteiger partial charge in [0.25, 0.3) is 0 Å². The molecule has 0 heterocycles. The molecule has 0 rings (SSSR count). The third kappa shape index (κ3) is 25.2. The third-order valence-corrected chi connectivity index (χ3v) is 4.03. The topological polar surface area (TPSA) is 52.6 Å². The Morgan fingerprint density at radius 2 is 0.846 bits per heavy atom. The molecule has 0 aliphatic rings. The van der Waals surface area contributed by atoms with Crippen molar-refractivity contribution in [2.24, 2.45) is 0 Å². The minimum atomic E-state index is -0.0664. The summed E-state index contributed by atoms with van der Waals surface area (Å²) in [5.74, 6) is -0.133. The van der Waals surface area contributed by atoms with Gasteiger partial charge in [0, 0.05) is 12.8 Å². The van der Waals surface area contributed by atoms with Gasteiger partial charge < -0.3 is 9.47 Å². The van der Waals surface area contributed by atoms with Gasteiger partial charge in [-0.15, -0.1) is 0 Å². The van der Waals surface area contributed by atoms with Crippen molar-refractivity contribution in [2.45, 2.75) is 118 Å². The van der Waals surface area contributed by atoms with Gasteiger partial charge in [0.15, 0.2) is 0 Å². The highest BCUT2D eigenvalue weighted by Gasteiger charge is 2.03. The van der Waals surface area contributed by atoms with Crippen LogP contribution in [0.15, 0.2) is 0 Å². The molecule has 0 aromatic rings. The summed E-state index contributed by atoms with van der Waals surface area (Å²) in [5.41, 5.74) is 0. The second-order valence-corrected chi connectivity index (χ2v) is 6.77. The van der Waals surface area contributed by atoms with Crippen LogP contribution in [0.1, 0.15) is 118 Å². The summed E-state index contributed by atoms with van der Waals surface area (Å²) >= 11 is 0. The van der Waals surface area contributed by atoms with E-state index in [1.54, 1.807) is 0 Å². The molecule has 0 aliphatic carbocycles. The normalized spacial score (nSPS) is 10.0. The van der Waals surface area contributed by atoms with Crippen LogP contribution in [0.5, 0.6) is 0 Å². The summed E-state index contributed by atoms with van der Waals surface area (Å²) in [6.45, 7) is 9.64. The lowest BCUT2D eigenvalue weighted by Crippen LogP contribution is -2.05. The van der Waals surface area contributed by atoms with Crippen LogP contribution < -0.4 is 0 Å². The minimum Gasteiger partial charge on any atom is -0.466 e. The van der Waals surface area contributed by atoms with Crippen LogP contribution in [0.2, 0.25) is 0 Å². The summed E-state index contributed by atoms with van der Waals surface area (Å²) in [4.78, 5) is 22.7. The van der Waals surface area contributed by atoms with Gasteiger partial charge in [-0.3, -0.25) is 9.59 Å². The Labute approximate surface area is 162 Å². The van der Waals surface area contributed by atoms with Crippen LogP contribution in [0.3, 0.4) is 0 Å². The summed E-state index contributed by atoms with van der Waals surface area (Å²) in [7, 11) is 0. The molecule has 4 nitrogen and oxygen atoms in total. The monoisotopic (exact) mass is 372 g/mol. The molecule has 0 saturated heterocycles. The van der Waals surface area contributed by atoms with Crippen molar-refractivity contribution < 1.29 is 19.1 Å². The van der Waals surface area contributed by atoms with Crippen LogP contribution in [0.4, 0.5) is 0 Å². The van der Waals surface area contributed by atoms with Gasteiger partial charge in [-0.1, -0.05) is 79.1 Å². The minimum absolute atomic E-state index is 0.0664. The first-order valence-electron chi connectivity index (χ1n) is 10.9. The molecule has 156 valence electrons. The molecule has 0 bridgehead atoms. The van der Waals surface area contributed by atoms with Crippen molar-refractivity contribution in [1.82, 2.24) is 0 Å². The van der Waals surface area contributed by atoms with Crippen LogP contribution in [-0.4, -0.2) is 25.2 Å². The molecule has 0 spiro atoms. The molecule has 26 heavy (non-hydrogen) atoms. The maximum Gasteiger partial charge on any atom is 0.305 e. The first kappa shape index (κ1) is 27.2. The highest BCUT2D eigenvalue weighted by atomic mass is 16.5. The van der Waals surface area contributed by atoms with E-state index < -0.39 is 0 Å². The highest BCUT2D eigenvalue weighted by molar-refractivity contribution is 5.69. The fraction of sp³-hybridized carbons (Fsp3) is 0.909. The molecule has 0 amide bonds. The van der Waals surface area contributed by atoms with Gasteiger partial charge in [0.2, 0.25) is 0 Å². The smallest absolute Gasteiger partial charge is 0.305 e. The fourth-order valence-electron chi connectivity index (χ4n) is 2.05. The number of carbonyl (C=O) groups excluding carboxylic acids is 2. The van der Waals surface area contributed by atoms with Crippen molar-refractivity contribution >= 4 is 11.9 Å². The lowest BCUT2D eigenvalue weighted by atomic mass is 10.1. The highest BCUT2D eigenvalue weighted by Crippen LogP contribution is 2.10. The predicted molar refractivity (Wildman–Crippen MR) is 109 cm³/mol. The molecule has 0 aliphatic heterocycles. The van der Waals surface area contributed by atoms with Crippen molar-refractivity contribution in [1.29, 1.82) is 0 Å². The second kappa shape index (κ2) is 23.9. The maximum absolute atomic E-state index is 11.4. The molecule has 0 unspecified atom stereocenters. The quantitative estimate of drug-likeness (QED) is 0.226.